The number of ether oxygens (including phenoxy) is 1. The molecule has 0 fully saturated rings. The molecule has 3 rings (SSSR count). The quantitative estimate of drug-likeness (QED) is 0.875. The van der Waals surface area contributed by atoms with Crippen LogP contribution in [0.4, 0.5) is 4.39 Å². The predicted octanol–water partition coefficient (Wildman–Crippen LogP) is 3.03. The Morgan fingerprint density at radius 2 is 1.94 bits per heavy atom. The fourth-order valence-electron chi connectivity index (χ4n) is 2.50. The molecule has 1 atom stereocenters. The van der Waals surface area contributed by atoms with Crippen LogP contribution >= 0.6 is 0 Å². The van der Waals surface area contributed by atoms with E-state index in [1.54, 1.807) is 7.11 Å². The molecule has 1 heterocycles. The number of benzene rings is 2. The molecule has 1 aliphatic rings. The van der Waals surface area contributed by atoms with Gasteiger partial charge >= 0.3 is 0 Å². The summed E-state index contributed by atoms with van der Waals surface area (Å²) in [5.41, 5.74) is 3.45. The Bertz CT molecular complexity index is 565. The number of halogens is 1. The summed E-state index contributed by atoms with van der Waals surface area (Å²) in [4.78, 5) is 0. The van der Waals surface area contributed by atoms with E-state index in [2.05, 4.69) is 11.4 Å². The summed E-state index contributed by atoms with van der Waals surface area (Å²) in [6.45, 7) is 0.814. The molecular weight excluding hydrogens is 229 g/mol. The number of hydrogen-bond acceptors (Lipinski definition) is 2. The van der Waals surface area contributed by atoms with Gasteiger partial charge in [-0.3, -0.25) is 0 Å². The van der Waals surface area contributed by atoms with E-state index in [-0.39, 0.29) is 11.9 Å². The Morgan fingerprint density at radius 1 is 1.17 bits per heavy atom. The second-order valence-corrected chi connectivity index (χ2v) is 4.40. The van der Waals surface area contributed by atoms with Crippen LogP contribution in [0.15, 0.2) is 42.5 Å². The van der Waals surface area contributed by atoms with Crippen LogP contribution in [0.3, 0.4) is 0 Å². The molecule has 0 amide bonds. The third-order valence-electron chi connectivity index (χ3n) is 3.36. The summed E-state index contributed by atoms with van der Waals surface area (Å²) < 4.78 is 18.4. The van der Waals surface area contributed by atoms with Gasteiger partial charge in [-0.1, -0.05) is 24.3 Å². The molecule has 2 aromatic rings. The molecule has 1 aliphatic heterocycles. The first kappa shape index (κ1) is 11.2. The zero-order valence-corrected chi connectivity index (χ0v) is 10.1. The summed E-state index contributed by atoms with van der Waals surface area (Å²) in [6, 6.07) is 12.7. The van der Waals surface area contributed by atoms with Gasteiger partial charge in [-0.15, -0.1) is 0 Å². The fourth-order valence-corrected chi connectivity index (χ4v) is 2.50. The van der Waals surface area contributed by atoms with Crippen LogP contribution in [0.1, 0.15) is 22.7 Å². The predicted molar refractivity (Wildman–Crippen MR) is 68.1 cm³/mol. The standard InChI is InChI=1S/C15H14FNO/c1-18-13-4-2-3-11-9-17-15(14(11)13)10-5-7-12(16)8-6-10/h2-8,15,17H,9H2,1H3. The highest BCUT2D eigenvalue weighted by molar-refractivity contribution is 5.49. The number of fused-ring (bicyclic) bond motifs is 1. The van der Waals surface area contributed by atoms with Gasteiger partial charge in [-0.25, -0.2) is 4.39 Å². The molecular formula is C15H14FNO. The minimum Gasteiger partial charge on any atom is -0.496 e. The van der Waals surface area contributed by atoms with E-state index in [0.29, 0.717) is 0 Å². The van der Waals surface area contributed by atoms with Gasteiger partial charge in [-0.2, -0.15) is 0 Å². The number of rotatable bonds is 2. The second-order valence-electron chi connectivity index (χ2n) is 4.40. The van der Waals surface area contributed by atoms with Crippen LogP contribution in [0.2, 0.25) is 0 Å². The summed E-state index contributed by atoms with van der Waals surface area (Å²) in [5.74, 6) is 0.670. The Kier molecular flexibility index (Phi) is 2.76. The minimum absolute atomic E-state index is 0.0803. The first-order valence-corrected chi connectivity index (χ1v) is 5.94. The molecule has 92 valence electrons. The largest absolute Gasteiger partial charge is 0.496 e. The third-order valence-corrected chi connectivity index (χ3v) is 3.36. The van der Waals surface area contributed by atoms with Crippen molar-refractivity contribution in [2.75, 3.05) is 7.11 Å². The molecule has 0 bridgehead atoms. The van der Waals surface area contributed by atoms with Gasteiger partial charge in [0.2, 0.25) is 0 Å². The maximum Gasteiger partial charge on any atom is 0.124 e. The van der Waals surface area contributed by atoms with E-state index in [0.717, 1.165) is 23.4 Å². The van der Waals surface area contributed by atoms with Crippen LogP contribution < -0.4 is 10.1 Å². The average Bonchev–Trinajstić information content (AvgIpc) is 2.83. The van der Waals surface area contributed by atoms with Crippen LogP contribution in [0.5, 0.6) is 5.75 Å². The molecule has 0 spiro atoms. The summed E-state index contributed by atoms with van der Waals surface area (Å²) in [6.07, 6.45) is 0. The monoisotopic (exact) mass is 243 g/mol. The van der Waals surface area contributed by atoms with Crippen molar-refractivity contribution in [2.45, 2.75) is 12.6 Å². The van der Waals surface area contributed by atoms with Crippen LogP contribution in [0, 0.1) is 5.82 Å². The van der Waals surface area contributed by atoms with Gasteiger partial charge in [0.15, 0.2) is 0 Å². The molecule has 0 saturated heterocycles. The van der Waals surface area contributed by atoms with Crippen molar-refractivity contribution in [3.05, 3.63) is 65.0 Å². The molecule has 18 heavy (non-hydrogen) atoms. The van der Waals surface area contributed by atoms with Crippen molar-refractivity contribution < 1.29 is 9.13 Å². The van der Waals surface area contributed by atoms with E-state index in [4.69, 9.17) is 4.74 Å². The van der Waals surface area contributed by atoms with Gasteiger partial charge in [0.25, 0.3) is 0 Å². The van der Waals surface area contributed by atoms with Crippen molar-refractivity contribution in [3.63, 3.8) is 0 Å². The lowest BCUT2D eigenvalue weighted by atomic mass is 9.97. The van der Waals surface area contributed by atoms with Crippen molar-refractivity contribution in [1.29, 1.82) is 0 Å². The summed E-state index contributed by atoms with van der Waals surface area (Å²) in [7, 11) is 1.68. The molecule has 0 aromatic heterocycles. The molecule has 2 nitrogen and oxygen atoms in total. The zero-order valence-electron chi connectivity index (χ0n) is 10.1. The van der Waals surface area contributed by atoms with Crippen LogP contribution in [0.25, 0.3) is 0 Å². The normalized spacial score (nSPS) is 17.6. The molecule has 0 saturated carbocycles. The fraction of sp³-hybridized carbons (Fsp3) is 0.200. The summed E-state index contributed by atoms with van der Waals surface area (Å²) >= 11 is 0. The van der Waals surface area contributed by atoms with E-state index in [9.17, 15) is 4.39 Å². The molecule has 0 aliphatic carbocycles. The second kappa shape index (κ2) is 4.42. The van der Waals surface area contributed by atoms with Crippen LogP contribution in [-0.4, -0.2) is 7.11 Å². The van der Waals surface area contributed by atoms with E-state index in [1.807, 2.05) is 24.3 Å². The maximum absolute atomic E-state index is 13.0. The third kappa shape index (κ3) is 1.77. The van der Waals surface area contributed by atoms with Gasteiger partial charge in [-0.05, 0) is 29.3 Å². The lowest BCUT2D eigenvalue weighted by Gasteiger charge is -2.15. The van der Waals surface area contributed by atoms with Crippen molar-refractivity contribution in [2.24, 2.45) is 0 Å². The topological polar surface area (TPSA) is 21.3 Å². The number of hydrogen-bond donors (Lipinski definition) is 1. The molecule has 2 aromatic carbocycles. The highest BCUT2D eigenvalue weighted by Crippen LogP contribution is 2.37. The highest BCUT2D eigenvalue weighted by atomic mass is 19.1. The average molecular weight is 243 g/mol. The highest BCUT2D eigenvalue weighted by Gasteiger charge is 2.26. The Hall–Kier alpha value is -1.87. The van der Waals surface area contributed by atoms with Gasteiger partial charge in [0.05, 0.1) is 13.2 Å². The zero-order chi connectivity index (χ0) is 12.5. The lowest BCUT2D eigenvalue weighted by molar-refractivity contribution is 0.407. The smallest absolute Gasteiger partial charge is 0.124 e. The van der Waals surface area contributed by atoms with E-state index < -0.39 is 0 Å². The van der Waals surface area contributed by atoms with Gasteiger partial charge in [0.1, 0.15) is 11.6 Å². The SMILES string of the molecule is COc1cccc2c1C(c1ccc(F)cc1)NC2. The molecule has 3 heteroatoms. The first-order valence-electron chi connectivity index (χ1n) is 5.94. The van der Waals surface area contributed by atoms with Crippen molar-refractivity contribution in [1.82, 2.24) is 5.32 Å². The summed E-state index contributed by atoms with van der Waals surface area (Å²) in [5, 5.41) is 3.43. The van der Waals surface area contributed by atoms with Gasteiger partial charge < -0.3 is 10.1 Å². The lowest BCUT2D eigenvalue weighted by Crippen LogP contribution is -2.13. The molecule has 0 radical (unpaired) electrons. The number of nitrogens with one attached hydrogen (secondary N) is 1. The van der Waals surface area contributed by atoms with Gasteiger partial charge in [0, 0.05) is 12.1 Å². The van der Waals surface area contributed by atoms with E-state index in [1.165, 1.54) is 17.7 Å². The van der Waals surface area contributed by atoms with Crippen LogP contribution in [-0.2, 0) is 6.54 Å². The Labute approximate surface area is 105 Å². The maximum atomic E-state index is 13.0. The van der Waals surface area contributed by atoms with Crippen molar-refractivity contribution >= 4 is 0 Å². The first-order chi connectivity index (χ1) is 8.79. The Balaban J connectivity index is 2.06. The number of methoxy groups -OCH3 is 1. The molecule has 1 N–H and O–H groups in total. The molecule has 1 unspecified atom stereocenters. The minimum atomic E-state index is -0.211. The van der Waals surface area contributed by atoms with E-state index >= 15 is 0 Å². The Morgan fingerprint density at radius 3 is 2.67 bits per heavy atom. The van der Waals surface area contributed by atoms with Crippen molar-refractivity contribution in [3.8, 4) is 5.75 Å².